The topological polar surface area (TPSA) is 71.4 Å². The number of aliphatic imine (C=N–C) groups is 1. The Morgan fingerprint density at radius 1 is 1.33 bits per heavy atom. The van der Waals surface area contributed by atoms with Crippen LogP contribution in [0.2, 0.25) is 0 Å². The number of nitrogens with one attached hydrogen (secondary N) is 1. The number of allylic oxidation sites excluding steroid dienone is 3. The number of carbonyl (C=O) groups is 2. The van der Waals surface area contributed by atoms with Gasteiger partial charge in [-0.05, 0) is 30.1 Å². The van der Waals surface area contributed by atoms with Crippen molar-refractivity contribution in [2.45, 2.75) is 27.7 Å². The van der Waals surface area contributed by atoms with Crippen LogP contribution in [0.4, 0.5) is 0 Å². The molecule has 1 atom stereocenters. The maximum absolute atomic E-state index is 12.2. The lowest BCUT2D eigenvalue weighted by molar-refractivity contribution is -0.116. The van der Waals surface area contributed by atoms with E-state index in [1.807, 2.05) is 19.1 Å². The van der Waals surface area contributed by atoms with Crippen LogP contribution in [0.25, 0.3) is 0 Å². The van der Waals surface area contributed by atoms with Crippen molar-refractivity contribution in [1.29, 1.82) is 0 Å². The third-order valence-electron chi connectivity index (χ3n) is 3.92. The fourth-order valence-corrected chi connectivity index (χ4v) is 3.37. The molecule has 0 saturated carbocycles. The van der Waals surface area contributed by atoms with E-state index in [9.17, 15) is 9.59 Å². The van der Waals surface area contributed by atoms with E-state index in [1.165, 1.54) is 11.3 Å². The molecular formula is C18H19N3O2S. The maximum atomic E-state index is 12.2. The highest BCUT2D eigenvalue weighted by molar-refractivity contribution is 7.09. The molecule has 1 aliphatic carbocycles. The molecule has 6 heteroatoms. The molecule has 0 saturated heterocycles. The standard InChI is InChI=1S/C18H19N3O2S/c1-10-19-15(9-24-10)17(23)20-11-5-6-12-13(18(2,3)4)8-16(22)21-14(12)7-11/h5-9,12H,1-4H3,(H,21,22). The molecule has 2 aliphatic rings. The average Bonchev–Trinajstić information content (AvgIpc) is 2.92. The van der Waals surface area contributed by atoms with Crippen molar-refractivity contribution < 1.29 is 9.59 Å². The monoisotopic (exact) mass is 341 g/mol. The molecule has 0 aromatic carbocycles. The molecule has 0 fully saturated rings. The van der Waals surface area contributed by atoms with Crippen LogP contribution in [0.15, 0.2) is 45.9 Å². The fourth-order valence-electron chi connectivity index (χ4n) is 2.78. The first-order chi connectivity index (χ1) is 11.2. The van der Waals surface area contributed by atoms with Crippen LogP contribution in [0.1, 0.15) is 36.3 Å². The van der Waals surface area contributed by atoms with Crippen molar-refractivity contribution >= 4 is 28.9 Å². The van der Waals surface area contributed by atoms with Gasteiger partial charge in [0.15, 0.2) is 0 Å². The Kier molecular flexibility index (Phi) is 4.09. The molecule has 3 rings (SSSR count). The molecule has 1 aromatic rings. The Labute approximate surface area is 144 Å². The molecular weight excluding hydrogens is 322 g/mol. The summed E-state index contributed by atoms with van der Waals surface area (Å²) in [7, 11) is 0. The SMILES string of the molecule is Cc1nc(C(=O)N=C2C=CC3C(=C2)NC(=O)C=C3C(C)(C)C)cs1. The number of rotatable bonds is 1. The quantitative estimate of drug-likeness (QED) is 0.852. The summed E-state index contributed by atoms with van der Waals surface area (Å²) < 4.78 is 0. The average molecular weight is 341 g/mol. The van der Waals surface area contributed by atoms with E-state index in [4.69, 9.17) is 0 Å². The number of thiazole rings is 1. The largest absolute Gasteiger partial charge is 0.325 e. The van der Waals surface area contributed by atoms with Crippen LogP contribution in [0.3, 0.4) is 0 Å². The molecule has 1 N–H and O–H groups in total. The first kappa shape index (κ1) is 16.5. The molecule has 124 valence electrons. The van der Waals surface area contributed by atoms with E-state index >= 15 is 0 Å². The number of aromatic nitrogens is 1. The first-order valence-electron chi connectivity index (χ1n) is 7.72. The van der Waals surface area contributed by atoms with Crippen LogP contribution < -0.4 is 5.32 Å². The second-order valence-corrected chi connectivity index (χ2v) is 7.93. The third-order valence-corrected chi connectivity index (χ3v) is 4.70. The van der Waals surface area contributed by atoms with Crippen molar-refractivity contribution in [3.63, 3.8) is 0 Å². The highest BCUT2D eigenvalue weighted by Gasteiger charge is 2.32. The minimum Gasteiger partial charge on any atom is -0.325 e. The van der Waals surface area contributed by atoms with Gasteiger partial charge in [0, 0.05) is 23.1 Å². The summed E-state index contributed by atoms with van der Waals surface area (Å²) in [5.41, 5.74) is 2.56. The molecule has 1 unspecified atom stereocenters. The van der Waals surface area contributed by atoms with Gasteiger partial charge in [0.25, 0.3) is 5.91 Å². The van der Waals surface area contributed by atoms with Crippen molar-refractivity contribution in [3.05, 3.63) is 51.7 Å². The maximum Gasteiger partial charge on any atom is 0.296 e. The van der Waals surface area contributed by atoms with Gasteiger partial charge < -0.3 is 5.32 Å². The van der Waals surface area contributed by atoms with E-state index in [0.717, 1.165) is 16.3 Å². The van der Waals surface area contributed by atoms with Gasteiger partial charge in [-0.1, -0.05) is 26.8 Å². The minimum atomic E-state index is -0.372. The first-order valence-corrected chi connectivity index (χ1v) is 8.60. The molecule has 0 radical (unpaired) electrons. The van der Waals surface area contributed by atoms with Crippen LogP contribution >= 0.6 is 11.3 Å². The van der Waals surface area contributed by atoms with Gasteiger partial charge in [-0.15, -0.1) is 11.3 Å². The molecule has 0 spiro atoms. The van der Waals surface area contributed by atoms with Gasteiger partial charge in [-0.25, -0.2) is 9.98 Å². The molecule has 5 nitrogen and oxygen atoms in total. The van der Waals surface area contributed by atoms with E-state index in [2.05, 4.69) is 36.1 Å². The lowest BCUT2D eigenvalue weighted by Crippen LogP contribution is -2.36. The number of fused-ring (bicyclic) bond motifs is 1. The Bertz CT molecular complexity index is 835. The zero-order chi connectivity index (χ0) is 17.5. The predicted octanol–water partition coefficient (Wildman–Crippen LogP) is 3.20. The number of hydrogen-bond donors (Lipinski definition) is 1. The van der Waals surface area contributed by atoms with Crippen molar-refractivity contribution in [2.24, 2.45) is 16.3 Å². The van der Waals surface area contributed by atoms with E-state index in [1.54, 1.807) is 17.5 Å². The molecule has 1 aromatic heterocycles. The second-order valence-electron chi connectivity index (χ2n) is 6.87. The molecule has 1 aliphatic heterocycles. The summed E-state index contributed by atoms with van der Waals surface area (Å²) in [4.78, 5) is 32.4. The van der Waals surface area contributed by atoms with E-state index in [-0.39, 0.29) is 23.1 Å². The van der Waals surface area contributed by atoms with Gasteiger partial charge in [0.1, 0.15) is 5.69 Å². The highest BCUT2D eigenvalue weighted by Crippen LogP contribution is 2.38. The lowest BCUT2D eigenvalue weighted by atomic mass is 9.74. The molecule has 2 heterocycles. The third kappa shape index (κ3) is 3.28. The normalized spacial score (nSPS) is 21.9. The summed E-state index contributed by atoms with van der Waals surface area (Å²) in [5.74, 6) is -0.500. The smallest absolute Gasteiger partial charge is 0.296 e. The number of amides is 2. The lowest BCUT2D eigenvalue weighted by Gasteiger charge is -2.34. The van der Waals surface area contributed by atoms with Crippen LogP contribution in [0, 0.1) is 18.3 Å². The van der Waals surface area contributed by atoms with Crippen LogP contribution in [-0.4, -0.2) is 22.5 Å². The fraction of sp³-hybridized carbons (Fsp3) is 0.333. The number of hydrogen-bond acceptors (Lipinski definition) is 4. The number of nitrogens with zero attached hydrogens (tertiary/aromatic N) is 2. The van der Waals surface area contributed by atoms with Gasteiger partial charge in [-0.3, -0.25) is 9.59 Å². The van der Waals surface area contributed by atoms with Crippen molar-refractivity contribution in [2.75, 3.05) is 0 Å². The summed E-state index contributed by atoms with van der Waals surface area (Å²) >= 11 is 1.42. The highest BCUT2D eigenvalue weighted by atomic mass is 32.1. The second kappa shape index (κ2) is 5.94. The van der Waals surface area contributed by atoms with Crippen LogP contribution in [0.5, 0.6) is 0 Å². The zero-order valence-electron chi connectivity index (χ0n) is 14.1. The number of aryl methyl sites for hydroxylation is 1. The Hall–Kier alpha value is -2.34. The predicted molar refractivity (Wildman–Crippen MR) is 95.0 cm³/mol. The van der Waals surface area contributed by atoms with Gasteiger partial charge >= 0.3 is 0 Å². The Balaban J connectivity index is 1.90. The van der Waals surface area contributed by atoms with E-state index in [0.29, 0.717) is 11.4 Å². The van der Waals surface area contributed by atoms with Gasteiger partial charge in [0.2, 0.25) is 5.91 Å². The summed E-state index contributed by atoms with van der Waals surface area (Å²) in [6, 6.07) is 0. The molecule has 24 heavy (non-hydrogen) atoms. The molecule has 2 amide bonds. The summed E-state index contributed by atoms with van der Waals surface area (Å²) in [5, 5.41) is 5.39. The zero-order valence-corrected chi connectivity index (χ0v) is 14.9. The van der Waals surface area contributed by atoms with E-state index < -0.39 is 0 Å². The Morgan fingerprint density at radius 2 is 2.08 bits per heavy atom. The molecule has 0 bridgehead atoms. The van der Waals surface area contributed by atoms with Gasteiger partial charge in [-0.2, -0.15) is 0 Å². The summed E-state index contributed by atoms with van der Waals surface area (Å²) in [6.07, 6.45) is 7.22. The van der Waals surface area contributed by atoms with Crippen molar-refractivity contribution in [3.8, 4) is 0 Å². The minimum absolute atomic E-state index is 0.0123. The Morgan fingerprint density at radius 3 is 2.71 bits per heavy atom. The number of carbonyl (C=O) groups excluding carboxylic acids is 2. The van der Waals surface area contributed by atoms with Crippen LogP contribution in [-0.2, 0) is 4.79 Å². The summed E-state index contributed by atoms with van der Waals surface area (Å²) in [6.45, 7) is 8.10. The van der Waals surface area contributed by atoms with Crippen molar-refractivity contribution in [1.82, 2.24) is 10.3 Å². The van der Waals surface area contributed by atoms with Gasteiger partial charge in [0.05, 0.1) is 10.7 Å².